The number of amides is 1. The van der Waals surface area contributed by atoms with E-state index >= 15 is 0 Å². The minimum Gasteiger partial charge on any atom is -0.339 e. The summed E-state index contributed by atoms with van der Waals surface area (Å²) in [7, 11) is -3.73. The van der Waals surface area contributed by atoms with Crippen LogP contribution in [0.2, 0.25) is 0 Å². The normalized spacial score (nSPS) is 15.8. The minimum atomic E-state index is -3.73. The molecule has 1 amide bonds. The molecule has 1 N–H and O–H groups in total. The van der Waals surface area contributed by atoms with Crippen molar-refractivity contribution >= 4 is 15.9 Å². The van der Waals surface area contributed by atoms with Crippen LogP contribution in [-0.2, 0) is 10.0 Å². The number of benzene rings is 1. The topological polar surface area (TPSA) is 79.4 Å². The molecule has 3 rings (SSSR count). The standard InChI is InChI=1S/C18H20FN3O3S/c19-16-4-1-5-17(11-16)26(24,25)21-12-14-6-9-22(10-7-14)18(23)15-3-2-8-20-13-15/h1-5,8,11,13-14,21H,6-7,9-10,12H2. The van der Waals surface area contributed by atoms with E-state index < -0.39 is 15.8 Å². The third-order valence-electron chi connectivity index (χ3n) is 4.48. The molecule has 0 unspecified atom stereocenters. The number of nitrogens with one attached hydrogen (secondary N) is 1. The van der Waals surface area contributed by atoms with E-state index in [1.54, 1.807) is 29.4 Å². The molecule has 1 aliphatic heterocycles. The number of likely N-dealkylation sites (tertiary alicyclic amines) is 1. The van der Waals surface area contributed by atoms with E-state index in [4.69, 9.17) is 0 Å². The van der Waals surface area contributed by atoms with Crippen molar-refractivity contribution in [2.24, 2.45) is 5.92 Å². The van der Waals surface area contributed by atoms with Crippen molar-refractivity contribution in [1.29, 1.82) is 0 Å². The second-order valence-electron chi connectivity index (χ2n) is 6.29. The van der Waals surface area contributed by atoms with Gasteiger partial charge in [-0.15, -0.1) is 0 Å². The van der Waals surface area contributed by atoms with Crippen LogP contribution in [-0.4, -0.2) is 43.8 Å². The summed E-state index contributed by atoms with van der Waals surface area (Å²) in [4.78, 5) is 18.0. The number of hydrogen-bond acceptors (Lipinski definition) is 4. The highest BCUT2D eigenvalue weighted by molar-refractivity contribution is 7.89. The Morgan fingerprint density at radius 1 is 1.23 bits per heavy atom. The lowest BCUT2D eigenvalue weighted by atomic mass is 9.97. The highest BCUT2D eigenvalue weighted by Crippen LogP contribution is 2.19. The summed E-state index contributed by atoms with van der Waals surface area (Å²) in [5.41, 5.74) is 0.553. The molecule has 1 fully saturated rings. The number of carbonyl (C=O) groups excluding carboxylic acids is 1. The molecule has 0 radical (unpaired) electrons. The van der Waals surface area contributed by atoms with Gasteiger partial charge in [-0.3, -0.25) is 9.78 Å². The van der Waals surface area contributed by atoms with Crippen LogP contribution in [0.5, 0.6) is 0 Å². The largest absolute Gasteiger partial charge is 0.339 e. The van der Waals surface area contributed by atoms with Gasteiger partial charge in [0.15, 0.2) is 0 Å². The molecule has 2 heterocycles. The fourth-order valence-electron chi connectivity index (χ4n) is 2.96. The summed E-state index contributed by atoms with van der Waals surface area (Å²) < 4.78 is 40.2. The lowest BCUT2D eigenvalue weighted by molar-refractivity contribution is 0.0691. The summed E-state index contributed by atoms with van der Waals surface area (Å²) in [5.74, 6) is -0.511. The van der Waals surface area contributed by atoms with Crippen molar-refractivity contribution in [2.45, 2.75) is 17.7 Å². The number of halogens is 1. The maximum atomic E-state index is 13.2. The van der Waals surface area contributed by atoms with Gasteiger partial charge in [0, 0.05) is 32.0 Å². The van der Waals surface area contributed by atoms with Gasteiger partial charge in [-0.2, -0.15) is 0 Å². The van der Waals surface area contributed by atoms with E-state index in [1.807, 2.05) is 0 Å². The Bertz CT molecular complexity index is 866. The molecule has 6 nitrogen and oxygen atoms in total. The molecule has 0 atom stereocenters. The second-order valence-corrected chi connectivity index (χ2v) is 8.05. The van der Waals surface area contributed by atoms with Gasteiger partial charge in [0.1, 0.15) is 5.82 Å². The first-order valence-corrected chi connectivity index (χ1v) is 9.88. The third kappa shape index (κ3) is 4.44. The average Bonchev–Trinajstić information content (AvgIpc) is 2.67. The molecule has 8 heteroatoms. The van der Waals surface area contributed by atoms with Gasteiger partial charge in [0.05, 0.1) is 10.5 Å². The number of pyridine rings is 1. The molecular weight excluding hydrogens is 357 g/mol. The highest BCUT2D eigenvalue weighted by atomic mass is 32.2. The molecule has 1 aliphatic rings. The average molecular weight is 377 g/mol. The van der Waals surface area contributed by atoms with Crippen LogP contribution in [0.15, 0.2) is 53.7 Å². The summed E-state index contributed by atoms with van der Waals surface area (Å²) in [6.07, 6.45) is 4.57. The first-order valence-electron chi connectivity index (χ1n) is 8.40. The number of nitrogens with zero attached hydrogens (tertiary/aromatic N) is 2. The fraction of sp³-hybridized carbons (Fsp3) is 0.333. The summed E-state index contributed by atoms with van der Waals surface area (Å²) in [5, 5.41) is 0. The van der Waals surface area contributed by atoms with E-state index in [0.29, 0.717) is 31.5 Å². The predicted octanol–water partition coefficient (Wildman–Crippen LogP) is 2.05. The Hall–Kier alpha value is -2.32. The molecule has 0 spiro atoms. The lowest BCUT2D eigenvalue weighted by Crippen LogP contribution is -2.41. The van der Waals surface area contributed by atoms with Crippen LogP contribution in [0.25, 0.3) is 0 Å². The first kappa shape index (κ1) is 18.5. The quantitative estimate of drug-likeness (QED) is 0.865. The molecule has 1 aromatic heterocycles. The Balaban J connectivity index is 1.52. The Morgan fingerprint density at radius 2 is 2.00 bits per heavy atom. The van der Waals surface area contributed by atoms with Crippen molar-refractivity contribution in [3.63, 3.8) is 0 Å². The van der Waals surface area contributed by atoms with Crippen LogP contribution in [0.3, 0.4) is 0 Å². The first-order chi connectivity index (χ1) is 12.5. The monoisotopic (exact) mass is 377 g/mol. The van der Waals surface area contributed by atoms with Gasteiger partial charge < -0.3 is 4.90 Å². The van der Waals surface area contributed by atoms with Crippen LogP contribution in [0.1, 0.15) is 23.2 Å². The van der Waals surface area contributed by atoms with Crippen molar-refractivity contribution in [3.8, 4) is 0 Å². The molecule has 138 valence electrons. The fourth-order valence-corrected chi connectivity index (χ4v) is 4.10. The number of sulfonamides is 1. The smallest absolute Gasteiger partial charge is 0.255 e. The maximum absolute atomic E-state index is 13.2. The second kappa shape index (κ2) is 7.92. The number of hydrogen-bond donors (Lipinski definition) is 1. The third-order valence-corrected chi connectivity index (χ3v) is 5.90. The summed E-state index contributed by atoms with van der Waals surface area (Å²) in [6, 6.07) is 8.38. The Labute approximate surface area is 152 Å². The Kier molecular flexibility index (Phi) is 5.63. The number of piperidine rings is 1. The molecule has 26 heavy (non-hydrogen) atoms. The van der Waals surface area contributed by atoms with Crippen molar-refractivity contribution in [1.82, 2.24) is 14.6 Å². The van der Waals surface area contributed by atoms with E-state index in [1.165, 1.54) is 18.2 Å². The van der Waals surface area contributed by atoms with Gasteiger partial charge in [-0.05, 0) is 49.1 Å². The number of rotatable bonds is 5. The Morgan fingerprint density at radius 3 is 2.65 bits per heavy atom. The molecule has 0 saturated carbocycles. The minimum absolute atomic E-state index is 0.0584. The summed E-state index contributed by atoms with van der Waals surface area (Å²) in [6.45, 7) is 1.41. The van der Waals surface area contributed by atoms with Crippen LogP contribution in [0.4, 0.5) is 4.39 Å². The summed E-state index contributed by atoms with van der Waals surface area (Å²) >= 11 is 0. The highest BCUT2D eigenvalue weighted by Gasteiger charge is 2.25. The van der Waals surface area contributed by atoms with Crippen molar-refractivity contribution < 1.29 is 17.6 Å². The van der Waals surface area contributed by atoms with Gasteiger partial charge in [-0.1, -0.05) is 6.07 Å². The predicted molar refractivity (Wildman–Crippen MR) is 94.5 cm³/mol. The van der Waals surface area contributed by atoms with Crippen LogP contribution < -0.4 is 4.72 Å². The van der Waals surface area contributed by atoms with Crippen LogP contribution >= 0.6 is 0 Å². The van der Waals surface area contributed by atoms with Crippen molar-refractivity contribution in [2.75, 3.05) is 19.6 Å². The van der Waals surface area contributed by atoms with Crippen LogP contribution in [0, 0.1) is 11.7 Å². The zero-order valence-electron chi connectivity index (χ0n) is 14.1. The molecule has 0 aliphatic carbocycles. The molecule has 0 bridgehead atoms. The molecule has 1 aromatic carbocycles. The van der Waals surface area contributed by atoms with E-state index in [9.17, 15) is 17.6 Å². The SMILES string of the molecule is O=C(c1cccnc1)N1CCC(CNS(=O)(=O)c2cccc(F)c2)CC1. The van der Waals surface area contributed by atoms with E-state index in [2.05, 4.69) is 9.71 Å². The molecule has 1 saturated heterocycles. The van der Waals surface area contributed by atoms with E-state index in [-0.39, 0.29) is 23.3 Å². The van der Waals surface area contributed by atoms with Gasteiger partial charge in [0.25, 0.3) is 5.91 Å². The van der Waals surface area contributed by atoms with Gasteiger partial charge in [-0.25, -0.2) is 17.5 Å². The lowest BCUT2D eigenvalue weighted by Gasteiger charge is -2.32. The molecular formula is C18H20FN3O3S. The molecule has 2 aromatic rings. The number of carbonyl (C=O) groups is 1. The van der Waals surface area contributed by atoms with E-state index in [0.717, 1.165) is 6.07 Å². The van der Waals surface area contributed by atoms with Gasteiger partial charge >= 0.3 is 0 Å². The van der Waals surface area contributed by atoms with Gasteiger partial charge in [0.2, 0.25) is 10.0 Å². The maximum Gasteiger partial charge on any atom is 0.255 e. The number of aromatic nitrogens is 1. The van der Waals surface area contributed by atoms with Crippen molar-refractivity contribution in [3.05, 3.63) is 60.2 Å². The zero-order valence-corrected chi connectivity index (χ0v) is 15.0. The zero-order chi connectivity index (χ0) is 18.6.